The third-order valence-corrected chi connectivity index (χ3v) is 9.50. The summed E-state index contributed by atoms with van der Waals surface area (Å²) in [5.41, 5.74) is 6.51. The molecule has 0 saturated heterocycles. The molecule has 0 radical (unpaired) electrons. The van der Waals surface area contributed by atoms with Gasteiger partial charge in [0, 0.05) is 27.5 Å². The monoisotopic (exact) mass is 625 g/mol. The van der Waals surface area contributed by atoms with Crippen LogP contribution in [0.2, 0.25) is 0 Å². The van der Waals surface area contributed by atoms with E-state index in [-0.39, 0.29) is 0 Å². The van der Waals surface area contributed by atoms with Crippen LogP contribution in [0, 0.1) is 0 Å². The molecule has 0 atom stereocenters. The van der Waals surface area contributed by atoms with Crippen LogP contribution in [0.5, 0.6) is 0 Å². The average molecular weight is 626 g/mol. The van der Waals surface area contributed by atoms with E-state index in [0.29, 0.717) is 17.5 Å². The molecule has 0 aliphatic carbocycles. The van der Waals surface area contributed by atoms with Gasteiger partial charge in [0.2, 0.25) is 0 Å². The van der Waals surface area contributed by atoms with E-state index >= 15 is 0 Å². The van der Waals surface area contributed by atoms with Crippen molar-refractivity contribution in [1.29, 1.82) is 0 Å². The molecule has 8 aromatic carbocycles. The van der Waals surface area contributed by atoms with Gasteiger partial charge in [-0.2, -0.15) is 0 Å². The molecule has 4 heteroatoms. The minimum Gasteiger partial charge on any atom is -0.456 e. The topological polar surface area (TPSA) is 51.8 Å². The molecule has 0 bridgehead atoms. The summed E-state index contributed by atoms with van der Waals surface area (Å²) >= 11 is 0. The fourth-order valence-electron chi connectivity index (χ4n) is 7.12. The van der Waals surface area contributed by atoms with Crippen molar-refractivity contribution >= 4 is 54.3 Å². The molecule has 0 unspecified atom stereocenters. The Hall–Kier alpha value is -6.65. The number of fused-ring (bicyclic) bond motifs is 8. The number of aromatic nitrogens is 3. The molecule has 2 heterocycles. The predicted octanol–water partition coefficient (Wildman–Crippen LogP) is 11.9. The molecule has 228 valence electrons. The Morgan fingerprint density at radius 1 is 0.327 bits per heavy atom. The fourth-order valence-corrected chi connectivity index (χ4v) is 7.12. The molecule has 0 aliphatic heterocycles. The first kappa shape index (κ1) is 27.5. The van der Waals surface area contributed by atoms with Gasteiger partial charge in [0.25, 0.3) is 0 Å². The highest BCUT2D eigenvalue weighted by Gasteiger charge is 2.20. The van der Waals surface area contributed by atoms with Gasteiger partial charge in [0.15, 0.2) is 17.5 Å². The lowest BCUT2D eigenvalue weighted by atomic mass is 9.93. The molecule has 0 saturated carbocycles. The molecule has 0 fully saturated rings. The molecule has 0 spiro atoms. The molecule has 0 amide bonds. The summed E-state index contributed by atoms with van der Waals surface area (Å²) < 4.78 is 6.54. The minimum atomic E-state index is 0.601. The first-order chi connectivity index (χ1) is 24.3. The van der Waals surface area contributed by atoms with Crippen LogP contribution >= 0.6 is 0 Å². The Balaban J connectivity index is 1.25. The van der Waals surface area contributed by atoms with E-state index in [2.05, 4.69) is 84.9 Å². The summed E-state index contributed by atoms with van der Waals surface area (Å²) in [4.78, 5) is 15.2. The van der Waals surface area contributed by atoms with E-state index in [1.807, 2.05) is 78.9 Å². The number of rotatable bonds is 4. The van der Waals surface area contributed by atoms with Crippen LogP contribution in [0.1, 0.15) is 0 Å². The number of benzene rings is 8. The quantitative estimate of drug-likeness (QED) is 0.183. The molecule has 49 heavy (non-hydrogen) atoms. The second-order valence-electron chi connectivity index (χ2n) is 12.4. The van der Waals surface area contributed by atoms with Gasteiger partial charge in [-0.05, 0) is 67.7 Å². The van der Waals surface area contributed by atoms with Crippen molar-refractivity contribution in [3.8, 4) is 45.3 Å². The maximum absolute atomic E-state index is 6.54. The van der Waals surface area contributed by atoms with Crippen LogP contribution in [-0.2, 0) is 0 Å². The Morgan fingerprint density at radius 3 is 1.63 bits per heavy atom. The van der Waals surface area contributed by atoms with Gasteiger partial charge in [-0.1, -0.05) is 140 Å². The van der Waals surface area contributed by atoms with Crippen LogP contribution in [0.25, 0.3) is 99.5 Å². The fraction of sp³-hybridized carbons (Fsp3) is 0. The zero-order chi connectivity index (χ0) is 32.3. The van der Waals surface area contributed by atoms with Crippen LogP contribution in [0.3, 0.4) is 0 Å². The number of furan rings is 1. The highest BCUT2D eigenvalue weighted by atomic mass is 16.3. The van der Waals surface area contributed by atoms with E-state index in [1.165, 1.54) is 32.3 Å². The maximum Gasteiger partial charge on any atom is 0.164 e. The maximum atomic E-state index is 6.54. The molecule has 2 aromatic heterocycles. The van der Waals surface area contributed by atoms with Crippen molar-refractivity contribution in [3.63, 3.8) is 0 Å². The second kappa shape index (κ2) is 11.0. The summed E-state index contributed by atoms with van der Waals surface area (Å²) in [5.74, 6) is 1.85. The third kappa shape index (κ3) is 4.57. The second-order valence-corrected chi connectivity index (χ2v) is 12.4. The van der Waals surface area contributed by atoms with E-state index < -0.39 is 0 Å². The van der Waals surface area contributed by atoms with Crippen molar-refractivity contribution < 1.29 is 4.42 Å². The van der Waals surface area contributed by atoms with Gasteiger partial charge >= 0.3 is 0 Å². The predicted molar refractivity (Wildman–Crippen MR) is 201 cm³/mol. The smallest absolute Gasteiger partial charge is 0.164 e. The molecular weight excluding hydrogens is 599 g/mol. The number of para-hydroxylation sites is 1. The Kier molecular flexibility index (Phi) is 6.15. The molecular formula is C45H27N3O. The normalized spacial score (nSPS) is 11.7. The van der Waals surface area contributed by atoms with Crippen LogP contribution in [0.15, 0.2) is 168 Å². The summed E-state index contributed by atoms with van der Waals surface area (Å²) in [7, 11) is 0. The first-order valence-electron chi connectivity index (χ1n) is 16.4. The van der Waals surface area contributed by atoms with Crippen LogP contribution < -0.4 is 0 Å². The molecule has 0 aliphatic rings. The zero-order valence-corrected chi connectivity index (χ0v) is 26.3. The standard InChI is InChI=1S/C45H27N3O/c1-3-12-30(13-4-1)43-46-44(31-14-5-2-6-15-31)48-45(47-43)39-26-33(27-41-42(39)37-17-9-10-18-40(37)49-41)32-20-19-29-22-23-35-34-16-8-7-11-28(34)21-24-36(35)38(29)25-32/h1-27H. The van der Waals surface area contributed by atoms with E-state index in [9.17, 15) is 0 Å². The van der Waals surface area contributed by atoms with Crippen LogP contribution in [-0.4, -0.2) is 15.0 Å². The highest BCUT2D eigenvalue weighted by molar-refractivity contribution is 6.18. The van der Waals surface area contributed by atoms with Crippen molar-refractivity contribution in [1.82, 2.24) is 15.0 Å². The Morgan fingerprint density at radius 2 is 0.898 bits per heavy atom. The van der Waals surface area contributed by atoms with Crippen molar-refractivity contribution in [2.45, 2.75) is 0 Å². The zero-order valence-electron chi connectivity index (χ0n) is 26.3. The van der Waals surface area contributed by atoms with Crippen LogP contribution in [0.4, 0.5) is 0 Å². The van der Waals surface area contributed by atoms with Crippen molar-refractivity contribution in [2.24, 2.45) is 0 Å². The lowest BCUT2D eigenvalue weighted by Crippen LogP contribution is -2.00. The van der Waals surface area contributed by atoms with Crippen molar-refractivity contribution in [2.75, 3.05) is 0 Å². The average Bonchev–Trinajstić information content (AvgIpc) is 3.56. The Labute approximate surface area is 282 Å². The summed E-state index contributed by atoms with van der Waals surface area (Å²) in [6.07, 6.45) is 0. The highest BCUT2D eigenvalue weighted by Crippen LogP contribution is 2.41. The number of hydrogen-bond donors (Lipinski definition) is 0. The van der Waals surface area contributed by atoms with E-state index in [1.54, 1.807) is 0 Å². The van der Waals surface area contributed by atoms with E-state index in [4.69, 9.17) is 19.4 Å². The van der Waals surface area contributed by atoms with Gasteiger partial charge in [0.1, 0.15) is 11.2 Å². The molecule has 4 nitrogen and oxygen atoms in total. The van der Waals surface area contributed by atoms with Gasteiger partial charge in [0.05, 0.1) is 0 Å². The molecule has 0 N–H and O–H groups in total. The largest absolute Gasteiger partial charge is 0.456 e. The molecule has 10 aromatic rings. The SMILES string of the molecule is c1ccc(-c2nc(-c3ccccc3)nc(-c3cc(-c4ccc5ccc6c7ccccc7ccc6c5c4)cc4oc5ccccc5c34)n2)cc1. The number of hydrogen-bond acceptors (Lipinski definition) is 4. The first-order valence-corrected chi connectivity index (χ1v) is 16.4. The Bertz CT molecular complexity index is 2820. The van der Waals surface area contributed by atoms with Gasteiger partial charge in [-0.3, -0.25) is 0 Å². The van der Waals surface area contributed by atoms with Gasteiger partial charge < -0.3 is 4.42 Å². The van der Waals surface area contributed by atoms with Gasteiger partial charge in [-0.15, -0.1) is 0 Å². The van der Waals surface area contributed by atoms with Crippen molar-refractivity contribution in [3.05, 3.63) is 164 Å². The third-order valence-electron chi connectivity index (χ3n) is 9.50. The minimum absolute atomic E-state index is 0.601. The lowest BCUT2D eigenvalue weighted by Gasteiger charge is -2.12. The summed E-state index contributed by atoms with van der Waals surface area (Å²) in [6, 6.07) is 57.0. The summed E-state index contributed by atoms with van der Waals surface area (Å²) in [5, 5.41) is 9.42. The summed E-state index contributed by atoms with van der Waals surface area (Å²) in [6.45, 7) is 0. The lowest BCUT2D eigenvalue weighted by molar-refractivity contribution is 0.669. The van der Waals surface area contributed by atoms with Gasteiger partial charge in [-0.25, -0.2) is 15.0 Å². The van der Waals surface area contributed by atoms with E-state index in [0.717, 1.165) is 49.8 Å². The number of nitrogens with zero attached hydrogens (tertiary/aromatic N) is 3. The molecule has 10 rings (SSSR count).